The van der Waals surface area contributed by atoms with Crippen LogP contribution < -0.4 is 20.3 Å². The van der Waals surface area contributed by atoms with Crippen molar-refractivity contribution in [3.8, 4) is 22.6 Å². The Morgan fingerprint density at radius 1 is 0.868 bits per heavy atom. The van der Waals surface area contributed by atoms with Crippen LogP contribution in [0.3, 0.4) is 0 Å². The number of rotatable bonds is 17. The fourth-order valence-electron chi connectivity index (χ4n) is 6.30. The number of ether oxygens (including phenoxy) is 3. The minimum absolute atomic E-state index is 0.0446. The number of azide groups is 1. The van der Waals surface area contributed by atoms with E-state index in [-0.39, 0.29) is 25.5 Å². The van der Waals surface area contributed by atoms with E-state index in [2.05, 4.69) is 33.0 Å². The summed E-state index contributed by atoms with van der Waals surface area (Å²) in [4.78, 5) is 22.9. The molecule has 0 radical (unpaired) electrons. The number of amides is 1. The summed E-state index contributed by atoms with van der Waals surface area (Å²) < 4.78 is 17.8. The number of aliphatic hydroxyl groups excluding tert-OH is 1. The lowest BCUT2D eigenvalue weighted by Crippen LogP contribution is -2.54. The van der Waals surface area contributed by atoms with E-state index in [4.69, 9.17) is 29.8 Å². The molecule has 0 spiro atoms. The summed E-state index contributed by atoms with van der Waals surface area (Å²) in [5.74, 6) is 1.36. The summed E-state index contributed by atoms with van der Waals surface area (Å²) in [7, 11) is 1.63. The zero-order chi connectivity index (χ0) is 36.9. The smallest absolute Gasteiger partial charge is 0.266 e. The van der Waals surface area contributed by atoms with Crippen LogP contribution in [0.25, 0.3) is 21.6 Å². The Labute approximate surface area is 308 Å². The lowest BCUT2D eigenvalue weighted by Gasteiger charge is -2.31. The molecule has 53 heavy (non-hydrogen) atoms. The van der Waals surface area contributed by atoms with Gasteiger partial charge in [0.2, 0.25) is 5.90 Å². The fraction of sp³-hybridized carbons (Fsp3) is 0.238. The average molecular weight is 711 g/mol. The van der Waals surface area contributed by atoms with E-state index in [0.29, 0.717) is 43.2 Å². The van der Waals surface area contributed by atoms with Gasteiger partial charge in [0.15, 0.2) is 11.6 Å². The first-order valence-corrected chi connectivity index (χ1v) is 17.5. The number of aliphatic imine (C=N–C) groups is 1. The van der Waals surface area contributed by atoms with Gasteiger partial charge in [0, 0.05) is 36.5 Å². The summed E-state index contributed by atoms with van der Waals surface area (Å²) in [6.45, 7) is 1.02. The Hall–Kier alpha value is -6.13. The van der Waals surface area contributed by atoms with E-state index in [0.717, 1.165) is 39.1 Å². The summed E-state index contributed by atoms with van der Waals surface area (Å²) >= 11 is 0. The van der Waals surface area contributed by atoms with Crippen LogP contribution in [-0.4, -0.2) is 49.3 Å². The number of benzene rings is 5. The second-order valence-corrected chi connectivity index (χ2v) is 12.6. The van der Waals surface area contributed by atoms with Gasteiger partial charge in [-0.1, -0.05) is 96.1 Å². The molecule has 1 aliphatic rings. The van der Waals surface area contributed by atoms with Crippen molar-refractivity contribution >= 4 is 11.8 Å². The van der Waals surface area contributed by atoms with Crippen molar-refractivity contribution in [3.05, 3.63) is 166 Å². The third-order valence-corrected chi connectivity index (χ3v) is 9.13. The molecule has 11 nitrogen and oxygen atoms in total. The maximum absolute atomic E-state index is 14.7. The molecule has 1 amide bonds. The summed E-state index contributed by atoms with van der Waals surface area (Å²) in [6, 6.07) is 40.8. The predicted molar refractivity (Wildman–Crippen MR) is 204 cm³/mol. The summed E-state index contributed by atoms with van der Waals surface area (Å²) in [5, 5.41) is 13.0. The standard InChI is InChI=1S/C42H42N6O5/c1-51-37-20-12-30(13-21-37)24-25-44-47-41(50)42(28-35-10-5-6-11-36(35)29-45-48-43)39(33-16-14-32(15-17-33)31-8-3-2-4-9-31)53-40(46-42)34-18-22-38(23-19-34)52-27-7-26-49/h2-6,8-23,39,44,49H,7,24-29H2,1H3,(H,47,50)/t39-,42-/m0/s1. The predicted octanol–water partition coefficient (Wildman–Crippen LogP) is 7.30. The number of methoxy groups -OCH3 is 1. The molecular formula is C42H42N6O5. The van der Waals surface area contributed by atoms with Gasteiger partial charge >= 0.3 is 0 Å². The van der Waals surface area contributed by atoms with Crippen molar-refractivity contribution in [1.82, 2.24) is 10.9 Å². The zero-order valence-corrected chi connectivity index (χ0v) is 29.5. The van der Waals surface area contributed by atoms with E-state index in [1.54, 1.807) is 7.11 Å². The minimum atomic E-state index is -1.47. The molecule has 1 aliphatic heterocycles. The molecule has 11 heteroatoms. The molecule has 0 aliphatic carbocycles. The van der Waals surface area contributed by atoms with Gasteiger partial charge in [-0.25, -0.2) is 10.4 Å². The van der Waals surface area contributed by atoms with Crippen molar-refractivity contribution < 1.29 is 24.1 Å². The highest BCUT2D eigenvalue weighted by atomic mass is 16.5. The molecule has 0 bridgehead atoms. The normalized spacial score (nSPS) is 16.2. The molecule has 0 saturated heterocycles. The van der Waals surface area contributed by atoms with Gasteiger partial charge < -0.3 is 19.3 Å². The van der Waals surface area contributed by atoms with E-state index in [9.17, 15) is 4.79 Å². The van der Waals surface area contributed by atoms with Gasteiger partial charge in [-0.15, -0.1) is 0 Å². The molecule has 1 heterocycles. The molecular weight excluding hydrogens is 668 g/mol. The van der Waals surface area contributed by atoms with Crippen molar-refractivity contribution in [1.29, 1.82) is 0 Å². The first-order chi connectivity index (χ1) is 26.0. The number of carbonyl (C=O) groups excluding carboxylic acids is 1. The Morgan fingerprint density at radius 2 is 1.53 bits per heavy atom. The van der Waals surface area contributed by atoms with Crippen LogP contribution in [0.2, 0.25) is 0 Å². The first kappa shape index (κ1) is 36.7. The zero-order valence-electron chi connectivity index (χ0n) is 29.5. The van der Waals surface area contributed by atoms with E-state index in [1.165, 1.54) is 0 Å². The van der Waals surface area contributed by atoms with Crippen LogP contribution >= 0.6 is 0 Å². The molecule has 5 aromatic rings. The topological polar surface area (TPSA) is 150 Å². The monoisotopic (exact) mass is 710 g/mol. The highest BCUT2D eigenvalue weighted by molar-refractivity contribution is 6.01. The Balaban J connectivity index is 1.37. The summed E-state index contributed by atoms with van der Waals surface area (Å²) in [5.41, 5.74) is 20.0. The van der Waals surface area contributed by atoms with Crippen molar-refractivity contribution in [3.63, 3.8) is 0 Å². The fourth-order valence-corrected chi connectivity index (χ4v) is 6.30. The maximum atomic E-state index is 14.7. The maximum Gasteiger partial charge on any atom is 0.266 e. The molecule has 0 saturated carbocycles. The van der Waals surface area contributed by atoms with Gasteiger partial charge in [0.1, 0.15) is 11.5 Å². The highest BCUT2D eigenvalue weighted by Gasteiger charge is 2.53. The summed E-state index contributed by atoms with van der Waals surface area (Å²) in [6.07, 6.45) is 0.523. The van der Waals surface area contributed by atoms with Gasteiger partial charge in [-0.05, 0) is 81.7 Å². The lowest BCUT2D eigenvalue weighted by atomic mass is 9.80. The van der Waals surface area contributed by atoms with E-state index in [1.807, 2.05) is 115 Å². The van der Waals surface area contributed by atoms with Gasteiger partial charge in [0.05, 0.1) is 20.3 Å². The molecule has 0 aromatic heterocycles. The number of nitrogens with zero attached hydrogens (tertiary/aromatic N) is 4. The molecule has 2 atom stereocenters. The second-order valence-electron chi connectivity index (χ2n) is 12.6. The van der Waals surface area contributed by atoms with Gasteiger partial charge in [-0.3, -0.25) is 10.2 Å². The largest absolute Gasteiger partial charge is 0.497 e. The van der Waals surface area contributed by atoms with Crippen LogP contribution in [0, 0.1) is 0 Å². The number of hydrazine groups is 1. The molecule has 5 aromatic carbocycles. The molecule has 6 rings (SSSR count). The van der Waals surface area contributed by atoms with Crippen LogP contribution in [0.15, 0.2) is 138 Å². The van der Waals surface area contributed by atoms with Gasteiger partial charge in [-0.2, -0.15) is 0 Å². The molecule has 0 unspecified atom stereocenters. The SMILES string of the molecule is COc1ccc(CCNNC(=O)[C@@]2(Cc3ccccc3CN=[N+]=[N-])N=C(c3ccc(OCCCO)cc3)O[C@H]2c2ccc(-c3ccccc3)cc2)cc1. The van der Waals surface area contributed by atoms with Crippen LogP contribution in [0.1, 0.15) is 40.3 Å². The number of aliphatic hydroxyl groups is 1. The highest BCUT2D eigenvalue weighted by Crippen LogP contribution is 2.43. The Bertz CT molecular complexity index is 2030. The van der Waals surface area contributed by atoms with Crippen molar-refractivity contribution in [2.75, 3.05) is 26.9 Å². The number of carbonyl (C=O) groups is 1. The van der Waals surface area contributed by atoms with Gasteiger partial charge in [0.25, 0.3) is 5.91 Å². The van der Waals surface area contributed by atoms with Crippen LogP contribution in [-0.2, 0) is 28.9 Å². The van der Waals surface area contributed by atoms with E-state index < -0.39 is 11.6 Å². The number of hydrogen-bond acceptors (Lipinski definition) is 8. The van der Waals surface area contributed by atoms with Crippen LogP contribution in [0.5, 0.6) is 11.5 Å². The molecule has 0 fully saturated rings. The Morgan fingerprint density at radius 3 is 2.23 bits per heavy atom. The average Bonchev–Trinajstić information content (AvgIpc) is 3.60. The first-order valence-electron chi connectivity index (χ1n) is 17.5. The van der Waals surface area contributed by atoms with Crippen molar-refractivity contribution in [2.45, 2.75) is 37.5 Å². The quantitative estimate of drug-likeness (QED) is 0.0303. The number of hydrogen-bond donors (Lipinski definition) is 3. The number of nitrogens with one attached hydrogen (secondary N) is 2. The minimum Gasteiger partial charge on any atom is -0.497 e. The second kappa shape index (κ2) is 17.9. The lowest BCUT2D eigenvalue weighted by molar-refractivity contribution is -0.130. The Kier molecular flexibility index (Phi) is 12.4. The third-order valence-electron chi connectivity index (χ3n) is 9.13. The molecule has 3 N–H and O–H groups in total. The van der Waals surface area contributed by atoms with E-state index >= 15 is 0 Å². The van der Waals surface area contributed by atoms with Crippen LogP contribution in [0.4, 0.5) is 0 Å². The third kappa shape index (κ3) is 9.03. The van der Waals surface area contributed by atoms with Crippen molar-refractivity contribution in [2.24, 2.45) is 10.1 Å². The molecule has 270 valence electrons.